The van der Waals surface area contributed by atoms with Crippen molar-refractivity contribution in [1.29, 1.82) is 0 Å². The Labute approximate surface area is 146 Å². The normalized spacial score (nSPS) is 11.5. The predicted molar refractivity (Wildman–Crippen MR) is 94.0 cm³/mol. The van der Waals surface area contributed by atoms with E-state index in [-0.39, 0.29) is 12.2 Å². The average Bonchev–Trinajstić information content (AvgIpc) is 2.58. The quantitative estimate of drug-likeness (QED) is 0.818. The van der Waals surface area contributed by atoms with Crippen molar-refractivity contribution in [2.75, 3.05) is 12.4 Å². The summed E-state index contributed by atoms with van der Waals surface area (Å²) in [5.74, 6) is -0.931. The van der Waals surface area contributed by atoms with E-state index in [1.54, 1.807) is 12.1 Å². The summed E-state index contributed by atoms with van der Waals surface area (Å²) in [7, 11) is 1.25. The van der Waals surface area contributed by atoms with E-state index in [1.807, 2.05) is 32.0 Å². The topological polar surface area (TPSA) is 67.4 Å². The molecule has 0 heterocycles. The second-order valence-electron chi connectivity index (χ2n) is 5.82. The number of esters is 1. The van der Waals surface area contributed by atoms with E-state index in [1.165, 1.54) is 19.2 Å². The van der Waals surface area contributed by atoms with Gasteiger partial charge in [-0.1, -0.05) is 24.3 Å². The van der Waals surface area contributed by atoms with Crippen molar-refractivity contribution < 1.29 is 18.7 Å². The minimum atomic E-state index is -0.874. The van der Waals surface area contributed by atoms with Gasteiger partial charge in [-0.2, -0.15) is 0 Å². The maximum absolute atomic E-state index is 13.0. The van der Waals surface area contributed by atoms with E-state index in [0.717, 1.165) is 11.1 Å². The summed E-state index contributed by atoms with van der Waals surface area (Å²) in [6.07, 6.45) is 0.202. The molecule has 0 bridgehead atoms. The fraction of sp³-hybridized carbons (Fsp3) is 0.263. The fourth-order valence-electron chi connectivity index (χ4n) is 2.38. The summed E-state index contributed by atoms with van der Waals surface area (Å²) < 4.78 is 17.7. The molecular formula is C19H21FN2O3. The van der Waals surface area contributed by atoms with Crippen LogP contribution >= 0.6 is 0 Å². The van der Waals surface area contributed by atoms with Crippen LogP contribution in [0.25, 0.3) is 0 Å². The van der Waals surface area contributed by atoms with E-state index in [2.05, 4.69) is 10.6 Å². The molecule has 0 fully saturated rings. The molecule has 0 radical (unpaired) electrons. The van der Waals surface area contributed by atoms with Crippen LogP contribution in [0.3, 0.4) is 0 Å². The first kappa shape index (κ1) is 18.4. The minimum absolute atomic E-state index is 0.202. The van der Waals surface area contributed by atoms with Crippen molar-refractivity contribution in [2.24, 2.45) is 0 Å². The van der Waals surface area contributed by atoms with Crippen LogP contribution in [0, 0.1) is 19.7 Å². The Morgan fingerprint density at radius 2 is 1.80 bits per heavy atom. The van der Waals surface area contributed by atoms with Gasteiger partial charge in [-0.15, -0.1) is 0 Å². The van der Waals surface area contributed by atoms with E-state index in [0.29, 0.717) is 11.3 Å². The van der Waals surface area contributed by atoms with Crippen LogP contribution < -0.4 is 10.6 Å². The largest absolute Gasteiger partial charge is 0.467 e. The Morgan fingerprint density at radius 1 is 1.12 bits per heavy atom. The highest BCUT2D eigenvalue weighted by atomic mass is 19.1. The molecule has 6 heteroatoms. The first-order chi connectivity index (χ1) is 11.9. The summed E-state index contributed by atoms with van der Waals surface area (Å²) in [6.45, 7) is 3.81. The molecule has 2 aromatic carbocycles. The van der Waals surface area contributed by atoms with E-state index in [9.17, 15) is 14.0 Å². The molecule has 2 amide bonds. The highest BCUT2D eigenvalue weighted by Crippen LogP contribution is 2.16. The van der Waals surface area contributed by atoms with Crippen LogP contribution in [0.5, 0.6) is 0 Å². The number of halogens is 1. The third kappa shape index (κ3) is 5.31. The van der Waals surface area contributed by atoms with Crippen LogP contribution in [0.2, 0.25) is 0 Å². The lowest BCUT2D eigenvalue weighted by atomic mass is 10.1. The maximum atomic E-state index is 13.0. The Bertz CT molecular complexity index is 760. The number of aryl methyl sites for hydroxylation is 2. The fourth-order valence-corrected chi connectivity index (χ4v) is 2.38. The first-order valence-corrected chi connectivity index (χ1v) is 7.86. The lowest BCUT2D eigenvalue weighted by molar-refractivity contribution is -0.142. The molecule has 0 saturated heterocycles. The number of anilines is 1. The number of carbonyl (C=O) groups excluding carboxylic acids is 2. The molecule has 132 valence electrons. The number of benzene rings is 2. The number of ether oxygens (including phenoxy) is 1. The summed E-state index contributed by atoms with van der Waals surface area (Å²) in [6, 6.07) is 10.1. The molecule has 0 saturated carbocycles. The second kappa shape index (κ2) is 8.28. The number of hydrogen-bond donors (Lipinski definition) is 2. The zero-order valence-corrected chi connectivity index (χ0v) is 14.4. The summed E-state index contributed by atoms with van der Waals surface area (Å²) in [4.78, 5) is 24.2. The van der Waals surface area contributed by atoms with Crippen molar-refractivity contribution in [2.45, 2.75) is 26.3 Å². The monoisotopic (exact) mass is 344 g/mol. The Balaban J connectivity index is 2.08. The molecule has 0 aliphatic heterocycles. The Kier molecular flexibility index (Phi) is 6.11. The molecule has 2 aromatic rings. The third-order valence-corrected chi connectivity index (χ3v) is 3.79. The van der Waals surface area contributed by atoms with Gasteiger partial charge in [0, 0.05) is 12.1 Å². The molecule has 25 heavy (non-hydrogen) atoms. The van der Waals surface area contributed by atoms with Gasteiger partial charge in [-0.05, 0) is 48.7 Å². The summed E-state index contributed by atoms with van der Waals surface area (Å²) in [5, 5.41) is 5.35. The standard InChI is InChI=1S/C19H21FN2O3/c1-12-4-5-13(2)16(10-12)21-19(24)22-17(18(23)25-3)11-14-6-8-15(20)9-7-14/h4-10,17H,11H2,1-3H3,(H2,21,22,24). The van der Waals surface area contributed by atoms with Crippen molar-refractivity contribution in [3.05, 3.63) is 65.0 Å². The van der Waals surface area contributed by atoms with Gasteiger partial charge in [0.2, 0.25) is 0 Å². The number of methoxy groups -OCH3 is 1. The van der Waals surface area contributed by atoms with Crippen LogP contribution in [0.1, 0.15) is 16.7 Å². The minimum Gasteiger partial charge on any atom is -0.467 e. The summed E-state index contributed by atoms with van der Waals surface area (Å²) in [5.41, 5.74) is 3.30. The molecule has 0 aliphatic carbocycles. The number of hydrogen-bond acceptors (Lipinski definition) is 3. The van der Waals surface area contributed by atoms with Gasteiger partial charge in [-0.25, -0.2) is 14.0 Å². The highest BCUT2D eigenvalue weighted by Gasteiger charge is 2.22. The average molecular weight is 344 g/mol. The maximum Gasteiger partial charge on any atom is 0.328 e. The number of nitrogens with one attached hydrogen (secondary N) is 2. The van der Waals surface area contributed by atoms with Crippen molar-refractivity contribution in [1.82, 2.24) is 5.32 Å². The smallest absolute Gasteiger partial charge is 0.328 e. The van der Waals surface area contributed by atoms with Gasteiger partial charge >= 0.3 is 12.0 Å². The molecule has 2 N–H and O–H groups in total. The number of rotatable bonds is 5. The molecule has 0 aromatic heterocycles. The van der Waals surface area contributed by atoms with Crippen molar-refractivity contribution >= 4 is 17.7 Å². The van der Waals surface area contributed by atoms with Crippen LogP contribution in [0.4, 0.5) is 14.9 Å². The molecule has 2 rings (SSSR count). The molecule has 0 aliphatic rings. The van der Waals surface area contributed by atoms with E-state index >= 15 is 0 Å². The van der Waals surface area contributed by atoms with E-state index < -0.39 is 18.0 Å². The molecule has 5 nitrogen and oxygen atoms in total. The number of carbonyl (C=O) groups is 2. The summed E-state index contributed by atoms with van der Waals surface area (Å²) >= 11 is 0. The van der Waals surface area contributed by atoms with Crippen LogP contribution in [0.15, 0.2) is 42.5 Å². The molecule has 1 unspecified atom stereocenters. The van der Waals surface area contributed by atoms with Gasteiger partial charge < -0.3 is 15.4 Å². The molecular weight excluding hydrogens is 323 g/mol. The van der Waals surface area contributed by atoms with Crippen molar-refractivity contribution in [3.63, 3.8) is 0 Å². The van der Waals surface area contributed by atoms with Gasteiger partial charge in [0.05, 0.1) is 7.11 Å². The Morgan fingerprint density at radius 3 is 2.44 bits per heavy atom. The van der Waals surface area contributed by atoms with Crippen LogP contribution in [-0.4, -0.2) is 25.2 Å². The first-order valence-electron chi connectivity index (χ1n) is 7.86. The SMILES string of the molecule is COC(=O)C(Cc1ccc(F)cc1)NC(=O)Nc1cc(C)ccc1C. The molecule has 0 spiro atoms. The third-order valence-electron chi connectivity index (χ3n) is 3.79. The van der Waals surface area contributed by atoms with Gasteiger partial charge in [-0.3, -0.25) is 0 Å². The zero-order valence-electron chi connectivity index (χ0n) is 14.4. The van der Waals surface area contributed by atoms with E-state index in [4.69, 9.17) is 4.74 Å². The predicted octanol–water partition coefficient (Wildman–Crippen LogP) is 3.35. The lowest BCUT2D eigenvalue weighted by Crippen LogP contribution is -2.45. The van der Waals surface area contributed by atoms with Crippen molar-refractivity contribution in [3.8, 4) is 0 Å². The highest BCUT2D eigenvalue weighted by molar-refractivity contribution is 5.93. The lowest BCUT2D eigenvalue weighted by Gasteiger charge is -2.18. The number of amides is 2. The zero-order chi connectivity index (χ0) is 18.4. The number of urea groups is 1. The Hall–Kier alpha value is -2.89. The van der Waals surface area contributed by atoms with Gasteiger partial charge in [0.15, 0.2) is 0 Å². The van der Waals surface area contributed by atoms with Crippen LogP contribution in [-0.2, 0) is 16.0 Å². The second-order valence-corrected chi connectivity index (χ2v) is 5.82. The van der Waals surface area contributed by atoms with Gasteiger partial charge in [0.25, 0.3) is 0 Å². The molecule has 1 atom stereocenters. The van der Waals surface area contributed by atoms with Gasteiger partial charge in [0.1, 0.15) is 11.9 Å².